The molecule has 3 rings (SSSR count). The molecule has 7 nitrogen and oxygen atoms in total. The maximum atomic E-state index is 14.1. The Morgan fingerprint density at radius 2 is 1.65 bits per heavy atom. The van der Waals surface area contributed by atoms with Gasteiger partial charge in [-0.25, -0.2) is 8.42 Å². The van der Waals surface area contributed by atoms with Crippen LogP contribution in [0.1, 0.15) is 43.9 Å². The number of rotatable bonds is 12. The van der Waals surface area contributed by atoms with Crippen molar-refractivity contribution >= 4 is 39.1 Å². The van der Waals surface area contributed by atoms with E-state index in [0.29, 0.717) is 22.5 Å². The number of carbonyl (C=O) groups excluding carboxylic acids is 2. The van der Waals surface area contributed by atoms with E-state index in [2.05, 4.69) is 5.32 Å². The number of halogens is 4. The summed E-state index contributed by atoms with van der Waals surface area (Å²) in [7, 11) is -4.59. The number of nitrogens with zero attached hydrogens (tertiary/aromatic N) is 2. The summed E-state index contributed by atoms with van der Waals surface area (Å²) in [5.74, 6) is -1.08. The first kappa shape index (κ1) is 33.9. The molecule has 0 heterocycles. The number of carbonyl (C=O) groups is 2. The first-order chi connectivity index (χ1) is 20.1. The molecule has 43 heavy (non-hydrogen) atoms. The summed E-state index contributed by atoms with van der Waals surface area (Å²) in [5.41, 5.74) is -0.0468. The second-order valence-corrected chi connectivity index (χ2v) is 12.8. The fraction of sp³-hybridized carbons (Fsp3) is 0.355. The minimum atomic E-state index is -4.80. The SMILES string of the molecule is CCC(C(=O)NCC(C)C)N(Cc1cccc(C)c1)C(=O)CN(c1cc(C(F)(F)F)ccc1Cl)S(=O)(=O)c1ccccc1. The highest BCUT2D eigenvalue weighted by Gasteiger charge is 2.37. The number of benzene rings is 3. The Bertz CT molecular complexity index is 1530. The molecule has 0 aliphatic carbocycles. The lowest BCUT2D eigenvalue weighted by atomic mass is 10.1. The maximum absolute atomic E-state index is 14.1. The van der Waals surface area contributed by atoms with Crippen LogP contribution in [0, 0.1) is 12.8 Å². The van der Waals surface area contributed by atoms with E-state index in [-0.39, 0.29) is 28.8 Å². The molecule has 0 bridgehead atoms. The van der Waals surface area contributed by atoms with Gasteiger partial charge >= 0.3 is 6.18 Å². The smallest absolute Gasteiger partial charge is 0.354 e. The third-order valence-corrected chi connectivity index (χ3v) is 8.75. The summed E-state index contributed by atoms with van der Waals surface area (Å²) in [6.07, 6.45) is -4.60. The molecule has 3 aromatic rings. The number of anilines is 1. The number of amides is 2. The molecule has 0 radical (unpaired) electrons. The summed E-state index contributed by atoms with van der Waals surface area (Å²) in [4.78, 5) is 28.4. The van der Waals surface area contributed by atoms with E-state index in [0.717, 1.165) is 17.7 Å². The van der Waals surface area contributed by atoms with Gasteiger partial charge in [-0.2, -0.15) is 13.2 Å². The number of nitrogens with one attached hydrogen (secondary N) is 1. The van der Waals surface area contributed by atoms with Crippen LogP contribution in [0.4, 0.5) is 18.9 Å². The molecule has 1 atom stereocenters. The Hall–Kier alpha value is -3.57. The number of aryl methyl sites for hydroxylation is 1. The second-order valence-electron chi connectivity index (χ2n) is 10.6. The van der Waals surface area contributed by atoms with E-state index in [1.165, 1.54) is 29.2 Å². The quantitative estimate of drug-likeness (QED) is 0.248. The van der Waals surface area contributed by atoms with Crippen molar-refractivity contribution in [3.8, 4) is 0 Å². The molecule has 0 aliphatic rings. The molecule has 1 unspecified atom stereocenters. The molecular formula is C31H35ClF3N3O4S. The van der Waals surface area contributed by atoms with Crippen molar-refractivity contribution in [2.75, 3.05) is 17.4 Å². The summed E-state index contributed by atoms with van der Waals surface area (Å²) >= 11 is 6.29. The van der Waals surface area contributed by atoms with Crippen molar-refractivity contribution in [2.45, 2.75) is 57.8 Å². The highest BCUT2D eigenvalue weighted by atomic mass is 35.5. The predicted molar refractivity (Wildman–Crippen MR) is 161 cm³/mol. The standard InChI is InChI=1S/C31H35ClF3N3O4S/c1-5-27(30(40)36-18-21(2)3)37(19-23-11-9-10-22(4)16-23)29(39)20-38(43(41,42)25-12-7-6-8-13-25)28-17-24(31(33,34)35)14-15-26(28)32/h6-17,21,27H,5,18-20H2,1-4H3,(H,36,40). The van der Waals surface area contributed by atoms with Crippen molar-refractivity contribution < 1.29 is 31.2 Å². The maximum Gasteiger partial charge on any atom is 0.416 e. The number of hydrogen-bond acceptors (Lipinski definition) is 4. The third kappa shape index (κ3) is 8.73. The first-order valence-electron chi connectivity index (χ1n) is 13.7. The molecule has 0 saturated carbocycles. The molecule has 3 aromatic carbocycles. The van der Waals surface area contributed by atoms with Crippen molar-refractivity contribution in [2.24, 2.45) is 5.92 Å². The third-order valence-electron chi connectivity index (χ3n) is 6.66. The van der Waals surface area contributed by atoms with Gasteiger partial charge in [-0.15, -0.1) is 0 Å². The van der Waals surface area contributed by atoms with Crippen molar-refractivity contribution in [1.29, 1.82) is 0 Å². The van der Waals surface area contributed by atoms with Crippen LogP contribution in [0.3, 0.4) is 0 Å². The molecule has 2 amide bonds. The zero-order valence-corrected chi connectivity index (χ0v) is 25.9. The van der Waals surface area contributed by atoms with Crippen molar-refractivity contribution in [3.05, 3.63) is 94.5 Å². The number of hydrogen-bond donors (Lipinski definition) is 1. The first-order valence-corrected chi connectivity index (χ1v) is 15.5. The minimum absolute atomic E-state index is 0.0380. The van der Waals surface area contributed by atoms with Gasteiger partial charge in [0.25, 0.3) is 10.0 Å². The molecule has 0 aromatic heterocycles. The minimum Gasteiger partial charge on any atom is -0.354 e. The Balaban J connectivity index is 2.14. The van der Waals surface area contributed by atoms with E-state index in [1.807, 2.05) is 32.9 Å². The second kappa shape index (κ2) is 14.3. The lowest BCUT2D eigenvalue weighted by Crippen LogP contribution is -2.52. The fourth-order valence-corrected chi connectivity index (χ4v) is 6.18. The molecule has 0 aliphatic heterocycles. The lowest BCUT2D eigenvalue weighted by Gasteiger charge is -2.33. The van der Waals surface area contributed by atoms with Gasteiger partial charge in [0.1, 0.15) is 12.6 Å². The molecule has 0 saturated heterocycles. The summed E-state index contributed by atoms with van der Waals surface area (Å²) in [6.45, 7) is 6.84. The Labute approximate surface area is 255 Å². The Morgan fingerprint density at radius 1 is 0.977 bits per heavy atom. The van der Waals surface area contributed by atoms with Gasteiger partial charge in [0.15, 0.2) is 0 Å². The van der Waals surface area contributed by atoms with E-state index in [9.17, 15) is 31.2 Å². The summed E-state index contributed by atoms with van der Waals surface area (Å²) in [6, 6.07) is 15.6. The van der Waals surface area contributed by atoms with Crippen molar-refractivity contribution in [1.82, 2.24) is 10.2 Å². The van der Waals surface area contributed by atoms with Gasteiger partial charge in [-0.1, -0.05) is 80.4 Å². The highest BCUT2D eigenvalue weighted by Crippen LogP contribution is 2.37. The van der Waals surface area contributed by atoms with Crippen LogP contribution in [0.2, 0.25) is 5.02 Å². The van der Waals surface area contributed by atoms with Crippen LogP contribution >= 0.6 is 11.6 Å². The van der Waals surface area contributed by atoms with Crippen LogP contribution in [0.5, 0.6) is 0 Å². The van der Waals surface area contributed by atoms with E-state index >= 15 is 0 Å². The average Bonchev–Trinajstić information content (AvgIpc) is 2.94. The predicted octanol–water partition coefficient (Wildman–Crippen LogP) is 6.44. The molecule has 12 heteroatoms. The van der Waals surface area contributed by atoms with Gasteiger partial charge in [0.05, 0.1) is 21.2 Å². The zero-order valence-electron chi connectivity index (χ0n) is 24.4. The summed E-state index contributed by atoms with van der Waals surface area (Å²) in [5, 5.41) is 2.53. The monoisotopic (exact) mass is 637 g/mol. The molecule has 0 spiro atoms. The van der Waals surface area contributed by atoms with Crippen molar-refractivity contribution in [3.63, 3.8) is 0 Å². The molecule has 0 fully saturated rings. The van der Waals surface area contributed by atoms with Gasteiger partial charge in [-0.05, 0) is 55.2 Å². The number of alkyl halides is 3. The topological polar surface area (TPSA) is 86.8 Å². The molecule has 1 N–H and O–H groups in total. The van der Waals surface area contributed by atoms with Crippen LogP contribution in [0.15, 0.2) is 77.7 Å². The fourth-order valence-electron chi connectivity index (χ4n) is 4.46. The Kier molecular flexibility index (Phi) is 11.3. The highest BCUT2D eigenvalue weighted by molar-refractivity contribution is 7.92. The van der Waals surface area contributed by atoms with E-state index in [1.54, 1.807) is 25.1 Å². The van der Waals surface area contributed by atoms with Crippen LogP contribution in [-0.2, 0) is 32.3 Å². The zero-order chi connectivity index (χ0) is 31.9. The Morgan fingerprint density at radius 3 is 2.23 bits per heavy atom. The van der Waals surface area contributed by atoms with Crippen LogP contribution < -0.4 is 9.62 Å². The largest absolute Gasteiger partial charge is 0.416 e. The van der Waals surface area contributed by atoms with Crippen LogP contribution in [-0.4, -0.2) is 44.3 Å². The van der Waals surface area contributed by atoms with Crippen LogP contribution in [0.25, 0.3) is 0 Å². The molecular weight excluding hydrogens is 603 g/mol. The summed E-state index contributed by atoms with van der Waals surface area (Å²) < 4.78 is 69.4. The lowest BCUT2D eigenvalue weighted by molar-refractivity contribution is -0.140. The van der Waals surface area contributed by atoms with Gasteiger partial charge in [0, 0.05) is 13.1 Å². The van der Waals surface area contributed by atoms with Gasteiger partial charge in [-0.3, -0.25) is 13.9 Å². The van der Waals surface area contributed by atoms with Gasteiger partial charge < -0.3 is 10.2 Å². The average molecular weight is 638 g/mol. The van der Waals surface area contributed by atoms with E-state index in [4.69, 9.17) is 11.6 Å². The molecule has 232 valence electrons. The van der Waals surface area contributed by atoms with E-state index < -0.39 is 51.9 Å². The normalized spacial score (nSPS) is 12.6. The van der Waals surface area contributed by atoms with Gasteiger partial charge in [0.2, 0.25) is 11.8 Å². The number of sulfonamides is 1.